The lowest BCUT2D eigenvalue weighted by atomic mass is 9.86. The molecule has 2 aromatic carbocycles. The lowest BCUT2D eigenvalue weighted by Gasteiger charge is -2.20. The van der Waals surface area contributed by atoms with E-state index in [-0.39, 0.29) is 18.9 Å². The molecule has 0 radical (unpaired) electrons. The summed E-state index contributed by atoms with van der Waals surface area (Å²) in [7, 11) is 0. The first kappa shape index (κ1) is 22.5. The molecular formula is C22H33ClN2O. The highest BCUT2D eigenvalue weighted by molar-refractivity contribution is 6.30. The first-order valence-electron chi connectivity index (χ1n) is 8.79. The average molecular weight is 377 g/mol. The minimum absolute atomic E-state index is 0. The number of hydrogen-bond donors (Lipinski definition) is 2. The highest BCUT2D eigenvalue weighted by Crippen LogP contribution is 2.22. The molecule has 0 bridgehead atoms. The van der Waals surface area contributed by atoms with Gasteiger partial charge < -0.3 is 15.8 Å². The molecule has 0 aromatic heterocycles. The highest BCUT2D eigenvalue weighted by atomic mass is 35.5. The van der Waals surface area contributed by atoms with Crippen molar-refractivity contribution in [2.45, 2.75) is 52.6 Å². The van der Waals surface area contributed by atoms with Crippen LogP contribution in [0.15, 0.2) is 48.5 Å². The lowest BCUT2D eigenvalue weighted by molar-refractivity contribution is 0.281. The Kier molecular flexibility index (Phi) is 9.14. The molecule has 0 saturated heterocycles. The van der Waals surface area contributed by atoms with Gasteiger partial charge in [-0.1, -0.05) is 70.1 Å². The molecule has 0 aliphatic rings. The summed E-state index contributed by atoms with van der Waals surface area (Å²) < 4.78 is 5.68. The van der Waals surface area contributed by atoms with E-state index in [0.29, 0.717) is 11.6 Å². The molecule has 0 spiro atoms. The summed E-state index contributed by atoms with van der Waals surface area (Å²) in [6.07, 6.45) is 0.861. The van der Waals surface area contributed by atoms with E-state index >= 15 is 0 Å². The summed E-state index contributed by atoms with van der Waals surface area (Å²) in [5, 5.41) is 4.13. The van der Waals surface area contributed by atoms with E-state index in [4.69, 9.17) is 22.1 Å². The van der Waals surface area contributed by atoms with E-state index in [1.165, 1.54) is 11.1 Å². The van der Waals surface area contributed by atoms with Gasteiger partial charge in [0, 0.05) is 17.6 Å². The zero-order valence-corrected chi connectivity index (χ0v) is 16.1. The van der Waals surface area contributed by atoms with Gasteiger partial charge in [-0.05, 0) is 47.7 Å². The van der Waals surface area contributed by atoms with Crippen molar-refractivity contribution in [1.29, 1.82) is 0 Å². The van der Waals surface area contributed by atoms with Crippen LogP contribution in [0.5, 0.6) is 5.75 Å². The third kappa shape index (κ3) is 7.77. The van der Waals surface area contributed by atoms with Gasteiger partial charge in [-0.15, -0.1) is 0 Å². The maximum absolute atomic E-state index is 6.12. The Hall–Kier alpha value is -1.55. The van der Waals surface area contributed by atoms with Gasteiger partial charge in [-0.3, -0.25) is 0 Å². The molecule has 4 heteroatoms. The third-order valence-electron chi connectivity index (χ3n) is 4.07. The van der Waals surface area contributed by atoms with Crippen molar-refractivity contribution in [2.75, 3.05) is 13.2 Å². The predicted octanol–water partition coefficient (Wildman–Crippen LogP) is 5.16. The Labute approximate surface area is 163 Å². The molecule has 144 valence electrons. The van der Waals surface area contributed by atoms with Crippen molar-refractivity contribution in [3.8, 4) is 5.75 Å². The molecule has 2 aromatic rings. The Morgan fingerprint density at radius 3 is 2.54 bits per heavy atom. The molecule has 1 atom stereocenters. The van der Waals surface area contributed by atoms with Crippen LogP contribution in [0, 0.1) is 0 Å². The molecule has 0 saturated carbocycles. The van der Waals surface area contributed by atoms with E-state index in [0.717, 1.165) is 25.3 Å². The Bertz CT molecular complexity index is 667. The van der Waals surface area contributed by atoms with Crippen molar-refractivity contribution < 1.29 is 4.74 Å². The minimum Gasteiger partial charge on any atom is -0.492 e. The molecule has 0 aliphatic heterocycles. The Balaban J connectivity index is 0.00000338. The number of nitrogens with two attached hydrogens (primary N) is 1. The molecule has 0 aliphatic carbocycles. The number of benzene rings is 2. The largest absolute Gasteiger partial charge is 0.492 e. The number of ether oxygens (including phenoxy) is 1. The molecule has 0 unspecified atom stereocenters. The number of hydrogen-bond acceptors (Lipinski definition) is 3. The second-order valence-electron chi connectivity index (χ2n) is 7.44. The standard InChI is InChI=1S/C21H29ClN2O.CH4/c1-21(2,3)17-7-4-6-16(12-17)14-24-11-10-19(23)15-25-20-9-5-8-18(22)13-20;/h4-9,12-13,19,24H,10-11,14-15,23H2,1-3H3;1H4/t19-;/m1./s1. The highest BCUT2D eigenvalue weighted by Gasteiger charge is 2.13. The van der Waals surface area contributed by atoms with E-state index in [9.17, 15) is 0 Å². The normalized spacial score (nSPS) is 12.3. The quantitative estimate of drug-likeness (QED) is 0.625. The van der Waals surface area contributed by atoms with Crippen LogP contribution in [-0.2, 0) is 12.0 Å². The molecule has 2 rings (SSSR count). The Morgan fingerprint density at radius 2 is 1.85 bits per heavy atom. The van der Waals surface area contributed by atoms with Gasteiger partial charge in [0.2, 0.25) is 0 Å². The van der Waals surface area contributed by atoms with E-state index in [1.54, 1.807) is 6.07 Å². The minimum atomic E-state index is -0.00705. The maximum atomic E-state index is 6.12. The summed E-state index contributed by atoms with van der Waals surface area (Å²) in [6.45, 7) is 8.91. The van der Waals surface area contributed by atoms with Crippen molar-refractivity contribution in [2.24, 2.45) is 5.73 Å². The van der Waals surface area contributed by atoms with Gasteiger partial charge in [-0.25, -0.2) is 0 Å². The fraction of sp³-hybridized carbons (Fsp3) is 0.455. The van der Waals surface area contributed by atoms with Crippen LogP contribution in [0.1, 0.15) is 45.7 Å². The van der Waals surface area contributed by atoms with Gasteiger partial charge in [0.05, 0.1) is 0 Å². The molecule has 26 heavy (non-hydrogen) atoms. The van der Waals surface area contributed by atoms with Crippen molar-refractivity contribution in [3.05, 3.63) is 64.7 Å². The van der Waals surface area contributed by atoms with E-state index in [1.807, 2.05) is 18.2 Å². The average Bonchev–Trinajstić information content (AvgIpc) is 2.56. The second-order valence-corrected chi connectivity index (χ2v) is 7.88. The molecule has 3 nitrogen and oxygen atoms in total. The summed E-state index contributed by atoms with van der Waals surface area (Å²) in [5.74, 6) is 0.759. The van der Waals surface area contributed by atoms with Crippen LogP contribution in [0.4, 0.5) is 0 Å². The van der Waals surface area contributed by atoms with Gasteiger partial charge in [0.1, 0.15) is 12.4 Å². The van der Waals surface area contributed by atoms with E-state index in [2.05, 4.69) is 50.4 Å². The fourth-order valence-corrected chi connectivity index (χ4v) is 2.69. The van der Waals surface area contributed by atoms with Crippen LogP contribution < -0.4 is 15.8 Å². The maximum Gasteiger partial charge on any atom is 0.120 e. The smallest absolute Gasteiger partial charge is 0.120 e. The summed E-state index contributed by atoms with van der Waals surface area (Å²) in [6, 6.07) is 16.1. The van der Waals surface area contributed by atoms with Crippen molar-refractivity contribution >= 4 is 11.6 Å². The summed E-state index contributed by atoms with van der Waals surface area (Å²) >= 11 is 5.94. The lowest BCUT2D eigenvalue weighted by Crippen LogP contribution is -2.31. The van der Waals surface area contributed by atoms with Crippen LogP contribution in [0.25, 0.3) is 0 Å². The van der Waals surface area contributed by atoms with Crippen LogP contribution in [0.3, 0.4) is 0 Å². The number of nitrogens with one attached hydrogen (secondary N) is 1. The topological polar surface area (TPSA) is 47.3 Å². The van der Waals surface area contributed by atoms with E-state index < -0.39 is 0 Å². The summed E-state index contributed by atoms with van der Waals surface area (Å²) in [5.41, 5.74) is 8.96. The van der Waals surface area contributed by atoms with Gasteiger partial charge >= 0.3 is 0 Å². The predicted molar refractivity (Wildman–Crippen MR) is 113 cm³/mol. The first-order valence-corrected chi connectivity index (χ1v) is 9.16. The fourth-order valence-electron chi connectivity index (χ4n) is 2.51. The molecule has 0 heterocycles. The zero-order valence-electron chi connectivity index (χ0n) is 15.4. The monoisotopic (exact) mass is 376 g/mol. The summed E-state index contributed by atoms with van der Waals surface area (Å²) in [4.78, 5) is 0. The zero-order chi connectivity index (χ0) is 18.3. The van der Waals surface area contributed by atoms with Crippen LogP contribution >= 0.6 is 11.6 Å². The van der Waals surface area contributed by atoms with Crippen LogP contribution in [-0.4, -0.2) is 19.2 Å². The number of halogens is 1. The van der Waals surface area contributed by atoms with Gasteiger partial charge in [-0.2, -0.15) is 0 Å². The number of rotatable bonds is 8. The molecule has 3 N–H and O–H groups in total. The first-order chi connectivity index (χ1) is 11.8. The van der Waals surface area contributed by atoms with Gasteiger partial charge in [0.25, 0.3) is 0 Å². The van der Waals surface area contributed by atoms with Crippen LogP contribution in [0.2, 0.25) is 5.02 Å². The Morgan fingerprint density at radius 1 is 1.12 bits per heavy atom. The van der Waals surface area contributed by atoms with Gasteiger partial charge in [0.15, 0.2) is 0 Å². The molecular weight excluding hydrogens is 344 g/mol. The molecule has 0 fully saturated rings. The SMILES string of the molecule is C.CC(C)(C)c1cccc(CNCC[C@@H](N)COc2cccc(Cl)c2)c1. The molecule has 0 amide bonds. The van der Waals surface area contributed by atoms with Crippen molar-refractivity contribution in [3.63, 3.8) is 0 Å². The van der Waals surface area contributed by atoms with Crippen molar-refractivity contribution in [1.82, 2.24) is 5.32 Å². The second kappa shape index (κ2) is 10.6. The third-order valence-corrected chi connectivity index (χ3v) is 4.31.